The predicted octanol–water partition coefficient (Wildman–Crippen LogP) is 3.97. The summed E-state index contributed by atoms with van der Waals surface area (Å²) < 4.78 is 6.32. The van der Waals surface area contributed by atoms with Crippen molar-refractivity contribution in [1.29, 1.82) is 0 Å². The molecule has 0 aromatic heterocycles. The number of benzene rings is 3. The van der Waals surface area contributed by atoms with E-state index in [0.29, 0.717) is 16.3 Å². The highest BCUT2D eigenvalue weighted by molar-refractivity contribution is 9.10. The zero-order valence-corrected chi connectivity index (χ0v) is 18.0. The van der Waals surface area contributed by atoms with Gasteiger partial charge in [-0.3, -0.25) is 25.8 Å². The Hall–Kier alpha value is -2.68. The fourth-order valence-corrected chi connectivity index (χ4v) is 3.32. The molecule has 3 aromatic carbocycles. The zero-order chi connectivity index (χ0) is 20.8. The summed E-state index contributed by atoms with van der Waals surface area (Å²) in [5.74, 6) is -0.352. The molecule has 0 fully saturated rings. The maximum atomic E-state index is 12.0. The minimum Gasteiger partial charge on any atom is -0.483 e. The van der Waals surface area contributed by atoms with Crippen molar-refractivity contribution >= 4 is 67.4 Å². The van der Waals surface area contributed by atoms with Crippen molar-refractivity contribution in [3.05, 3.63) is 75.7 Å². The highest BCUT2D eigenvalue weighted by atomic mass is 79.9. The molecule has 148 valence electrons. The van der Waals surface area contributed by atoms with Crippen molar-refractivity contribution in [3.63, 3.8) is 0 Å². The number of rotatable bonds is 4. The normalized spacial score (nSPS) is 10.3. The van der Waals surface area contributed by atoms with Gasteiger partial charge in [0, 0.05) is 10.6 Å². The average molecular weight is 493 g/mol. The minimum atomic E-state index is -0.465. The van der Waals surface area contributed by atoms with Gasteiger partial charge < -0.3 is 4.74 Å². The highest BCUT2D eigenvalue weighted by Gasteiger charge is 2.10. The Morgan fingerprint density at radius 1 is 1.00 bits per heavy atom. The molecular weight excluding hydrogens is 478 g/mol. The Morgan fingerprint density at radius 2 is 1.72 bits per heavy atom. The van der Waals surface area contributed by atoms with Gasteiger partial charge in [0.15, 0.2) is 11.7 Å². The van der Waals surface area contributed by atoms with E-state index in [9.17, 15) is 9.59 Å². The first-order valence-electron chi connectivity index (χ1n) is 8.40. The lowest BCUT2D eigenvalue weighted by molar-refractivity contribution is -0.123. The number of nitrogens with one attached hydrogen (secondary N) is 3. The van der Waals surface area contributed by atoms with Crippen molar-refractivity contribution in [2.45, 2.75) is 0 Å². The number of halogens is 2. The Labute approximate surface area is 185 Å². The maximum absolute atomic E-state index is 12.0. The summed E-state index contributed by atoms with van der Waals surface area (Å²) in [5.41, 5.74) is 5.21. The monoisotopic (exact) mass is 491 g/mol. The van der Waals surface area contributed by atoms with E-state index in [1.807, 2.05) is 30.3 Å². The van der Waals surface area contributed by atoms with Gasteiger partial charge in [0.1, 0.15) is 5.75 Å². The van der Waals surface area contributed by atoms with E-state index in [4.69, 9.17) is 28.6 Å². The van der Waals surface area contributed by atoms with Gasteiger partial charge in [0.05, 0.1) is 4.47 Å². The largest absolute Gasteiger partial charge is 0.483 e. The molecule has 0 bridgehead atoms. The third-order valence-corrected chi connectivity index (χ3v) is 5.11. The Balaban J connectivity index is 1.47. The minimum absolute atomic E-state index is 0.0508. The van der Waals surface area contributed by atoms with Crippen molar-refractivity contribution in [2.24, 2.45) is 0 Å². The van der Waals surface area contributed by atoms with Crippen molar-refractivity contribution in [2.75, 3.05) is 6.61 Å². The number of amides is 2. The molecule has 0 saturated heterocycles. The van der Waals surface area contributed by atoms with Gasteiger partial charge in [-0.25, -0.2) is 0 Å². The average Bonchev–Trinajstić information content (AvgIpc) is 2.72. The van der Waals surface area contributed by atoms with E-state index in [-0.39, 0.29) is 11.7 Å². The number of hydrogen-bond acceptors (Lipinski definition) is 4. The van der Waals surface area contributed by atoms with Crippen LogP contribution in [0.2, 0.25) is 5.02 Å². The lowest BCUT2D eigenvalue weighted by atomic mass is 10.1. The van der Waals surface area contributed by atoms with E-state index in [0.717, 1.165) is 15.2 Å². The van der Waals surface area contributed by atoms with Crippen LogP contribution in [0.15, 0.2) is 65.1 Å². The van der Waals surface area contributed by atoms with Gasteiger partial charge in [0.25, 0.3) is 11.8 Å². The number of fused-ring (bicyclic) bond motifs is 1. The van der Waals surface area contributed by atoms with E-state index in [1.54, 1.807) is 30.3 Å². The summed E-state index contributed by atoms with van der Waals surface area (Å²) >= 11 is 14.3. The Morgan fingerprint density at radius 3 is 2.48 bits per heavy atom. The van der Waals surface area contributed by atoms with E-state index in [2.05, 4.69) is 32.1 Å². The first-order chi connectivity index (χ1) is 13.9. The van der Waals surface area contributed by atoms with Crippen LogP contribution in [0.25, 0.3) is 10.8 Å². The van der Waals surface area contributed by atoms with Gasteiger partial charge in [0.2, 0.25) is 0 Å². The van der Waals surface area contributed by atoms with Crippen molar-refractivity contribution in [1.82, 2.24) is 16.2 Å². The second kappa shape index (κ2) is 9.69. The molecule has 0 saturated carbocycles. The lowest BCUT2D eigenvalue weighted by Gasteiger charge is -2.12. The molecule has 3 aromatic rings. The summed E-state index contributed by atoms with van der Waals surface area (Å²) in [5, 5.41) is 4.96. The molecule has 0 aliphatic heterocycles. The number of hydrogen-bond donors (Lipinski definition) is 3. The van der Waals surface area contributed by atoms with Crippen LogP contribution in [0.1, 0.15) is 10.4 Å². The molecule has 0 atom stereocenters. The van der Waals surface area contributed by atoms with Gasteiger partial charge in [-0.2, -0.15) is 0 Å². The van der Waals surface area contributed by atoms with Gasteiger partial charge in [-0.15, -0.1) is 0 Å². The van der Waals surface area contributed by atoms with E-state index >= 15 is 0 Å². The van der Waals surface area contributed by atoms with Crippen LogP contribution in [0.5, 0.6) is 5.75 Å². The molecule has 6 nitrogen and oxygen atoms in total. The van der Waals surface area contributed by atoms with Gasteiger partial charge >= 0.3 is 0 Å². The lowest BCUT2D eigenvalue weighted by Crippen LogP contribution is -2.49. The zero-order valence-electron chi connectivity index (χ0n) is 14.9. The molecule has 9 heteroatoms. The molecule has 0 spiro atoms. The Kier molecular flexibility index (Phi) is 7.03. The molecule has 0 aliphatic rings. The van der Waals surface area contributed by atoms with Crippen LogP contribution in [0.4, 0.5) is 0 Å². The van der Waals surface area contributed by atoms with Gasteiger partial charge in [-0.05, 0) is 69.3 Å². The van der Waals surface area contributed by atoms with Crippen LogP contribution < -0.4 is 20.9 Å². The third-order valence-electron chi connectivity index (χ3n) is 3.84. The molecular formula is C20H15BrClN3O3S. The molecule has 3 rings (SSSR count). The molecule has 0 aliphatic carbocycles. The molecule has 2 amide bonds. The standard InChI is InChI=1S/C20H15BrClN3O3S/c21-18-15-4-2-1-3-12(15)7-10-16(18)28-11-17(26)24-25-20(29)23-19(27)13-5-8-14(22)9-6-13/h1-10H,11H2,(H,24,26)(H2,23,25,27,29). The Bertz CT molecular complexity index is 1080. The predicted molar refractivity (Wildman–Crippen MR) is 120 cm³/mol. The smallest absolute Gasteiger partial charge is 0.276 e. The van der Waals surface area contributed by atoms with Crippen molar-refractivity contribution < 1.29 is 14.3 Å². The first-order valence-corrected chi connectivity index (χ1v) is 9.98. The van der Waals surface area contributed by atoms with Crippen LogP contribution in [-0.2, 0) is 4.79 Å². The van der Waals surface area contributed by atoms with Gasteiger partial charge in [-0.1, -0.05) is 41.9 Å². The van der Waals surface area contributed by atoms with E-state index in [1.165, 1.54) is 0 Å². The second-order valence-corrected chi connectivity index (χ2v) is 7.49. The molecule has 0 heterocycles. The molecule has 3 N–H and O–H groups in total. The topological polar surface area (TPSA) is 79.5 Å². The molecule has 0 unspecified atom stereocenters. The number of thiocarbonyl (C=S) groups is 1. The summed E-state index contributed by atoms with van der Waals surface area (Å²) in [4.78, 5) is 24.0. The maximum Gasteiger partial charge on any atom is 0.276 e. The van der Waals surface area contributed by atoms with Crippen LogP contribution in [0.3, 0.4) is 0 Å². The molecule has 29 heavy (non-hydrogen) atoms. The number of ether oxygens (including phenoxy) is 1. The third kappa shape index (κ3) is 5.66. The van der Waals surface area contributed by atoms with Crippen LogP contribution >= 0.6 is 39.7 Å². The summed E-state index contributed by atoms with van der Waals surface area (Å²) in [6.07, 6.45) is 0. The number of carbonyl (C=O) groups is 2. The highest BCUT2D eigenvalue weighted by Crippen LogP contribution is 2.32. The fraction of sp³-hybridized carbons (Fsp3) is 0.0500. The number of carbonyl (C=O) groups excluding carboxylic acids is 2. The quantitative estimate of drug-likeness (QED) is 0.379. The second-order valence-electron chi connectivity index (χ2n) is 5.85. The van der Waals surface area contributed by atoms with Crippen LogP contribution in [-0.4, -0.2) is 23.5 Å². The van der Waals surface area contributed by atoms with Crippen LogP contribution in [0, 0.1) is 0 Å². The summed E-state index contributed by atoms with van der Waals surface area (Å²) in [6.45, 7) is -0.238. The summed E-state index contributed by atoms with van der Waals surface area (Å²) in [7, 11) is 0. The van der Waals surface area contributed by atoms with Crippen molar-refractivity contribution in [3.8, 4) is 5.75 Å². The SMILES string of the molecule is O=C(COc1ccc2ccccc2c1Br)NNC(=S)NC(=O)c1ccc(Cl)cc1. The first kappa shape index (κ1) is 21.0. The fourth-order valence-electron chi connectivity index (χ4n) is 2.44. The number of hydrazine groups is 1. The summed E-state index contributed by atoms with van der Waals surface area (Å²) in [6, 6.07) is 17.8. The van der Waals surface area contributed by atoms with E-state index < -0.39 is 11.8 Å². The molecule has 0 radical (unpaired) electrons.